The number of aliphatic hydroxyl groups is 1. The Bertz CT molecular complexity index is 1460. The molecule has 0 radical (unpaired) electrons. The molecule has 1 unspecified atom stereocenters. The summed E-state index contributed by atoms with van der Waals surface area (Å²) in [6, 6.07) is 18.4. The second-order valence-electron chi connectivity index (χ2n) is 7.68. The summed E-state index contributed by atoms with van der Waals surface area (Å²) < 4.78 is 0.892. The molecule has 0 saturated carbocycles. The molecule has 3 aromatic carbocycles. The molecule has 2 heterocycles. The van der Waals surface area contributed by atoms with Crippen molar-refractivity contribution in [1.29, 1.82) is 0 Å². The van der Waals surface area contributed by atoms with Crippen molar-refractivity contribution in [2.75, 3.05) is 4.90 Å². The number of anilines is 1. The normalized spacial score (nSPS) is 17.8. The minimum absolute atomic E-state index is 0.0278. The van der Waals surface area contributed by atoms with Crippen molar-refractivity contribution in [2.24, 2.45) is 0 Å². The van der Waals surface area contributed by atoms with Crippen LogP contribution in [0, 0.1) is 6.92 Å². The van der Waals surface area contributed by atoms with Crippen LogP contribution in [0.15, 0.2) is 72.3 Å². The number of carbonyl (C=O) groups excluding carboxylic acids is 2. The highest BCUT2D eigenvalue weighted by Crippen LogP contribution is 2.45. The Kier molecular flexibility index (Phi) is 5.44. The quantitative estimate of drug-likeness (QED) is 0.199. The molecule has 4 aromatic rings. The fourth-order valence-corrected chi connectivity index (χ4v) is 5.30. The van der Waals surface area contributed by atoms with Crippen LogP contribution < -0.4 is 4.90 Å². The highest BCUT2D eigenvalue weighted by molar-refractivity contribution is 7.22. The molecule has 0 bridgehead atoms. The molecule has 1 fully saturated rings. The summed E-state index contributed by atoms with van der Waals surface area (Å²) in [5, 5.41) is 12.1. The monoisotopic (exact) mass is 494 g/mol. The van der Waals surface area contributed by atoms with Gasteiger partial charge >= 0.3 is 5.91 Å². The first-order chi connectivity index (χ1) is 15.8. The molecule has 8 heteroatoms. The van der Waals surface area contributed by atoms with Gasteiger partial charge in [-0.15, -0.1) is 0 Å². The molecule has 0 spiro atoms. The van der Waals surface area contributed by atoms with Crippen LogP contribution in [0.4, 0.5) is 5.13 Å². The van der Waals surface area contributed by atoms with Gasteiger partial charge in [0.1, 0.15) is 5.76 Å². The number of nitrogens with zero attached hydrogens (tertiary/aromatic N) is 2. The van der Waals surface area contributed by atoms with Crippen LogP contribution in [-0.4, -0.2) is 21.8 Å². The molecule has 1 aliphatic rings. The third kappa shape index (κ3) is 3.70. The standard InChI is InChI=1S/C25H16Cl2N2O3S/c1-13-7-10-18-19(11-13)33-25(28-18)29-21(15-8-9-16(26)17(27)12-15)20(23(31)24(29)32)22(30)14-5-3-2-4-6-14/h2-12,21,30H,1H3. The maximum atomic E-state index is 13.3. The first-order valence-corrected chi connectivity index (χ1v) is 11.6. The number of fused-ring (bicyclic) bond motifs is 1. The molecule has 5 nitrogen and oxygen atoms in total. The van der Waals surface area contributed by atoms with E-state index in [1.54, 1.807) is 48.5 Å². The van der Waals surface area contributed by atoms with Gasteiger partial charge in [0.15, 0.2) is 5.13 Å². The fourth-order valence-electron chi connectivity index (χ4n) is 3.90. The number of aromatic nitrogens is 1. The molecular weight excluding hydrogens is 479 g/mol. The Balaban J connectivity index is 1.75. The van der Waals surface area contributed by atoms with Gasteiger partial charge < -0.3 is 5.11 Å². The van der Waals surface area contributed by atoms with Gasteiger partial charge in [0.05, 0.1) is 31.9 Å². The van der Waals surface area contributed by atoms with Crippen LogP contribution in [0.2, 0.25) is 10.0 Å². The van der Waals surface area contributed by atoms with Crippen molar-refractivity contribution in [1.82, 2.24) is 4.98 Å². The molecule has 1 saturated heterocycles. The molecule has 1 N–H and O–H groups in total. The van der Waals surface area contributed by atoms with E-state index in [1.807, 2.05) is 25.1 Å². The van der Waals surface area contributed by atoms with Gasteiger partial charge in [0, 0.05) is 5.56 Å². The van der Waals surface area contributed by atoms with Crippen molar-refractivity contribution in [3.63, 3.8) is 0 Å². The number of thiazole rings is 1. The number of rotatable bonds is 3. The van der Waals surface area contributed by atoms with Crippen LogP contribution in [0.5, 0.6) is 0 Å². The Labute approximate surface area is 203 Å². The van der Waals surface area contributed by atoms with E-state index in [0.717, 1.165) is 15.8 Å². The van der Waals surface area contributed by atoms with Gasteiger partial charge in [0.2, 0.25) is 0 Å². The van der Waals surface area contributed by atoms with E-state index < -0.39 is 17.7 Å². The van der Waals surface area contributed by atoms with Gasteiger partial charge in [-0.1, -0.05) is 77.0 Å². The molecule has 1 aliphatic heterocycles. The summed E-state index contributed by atoms with van der Waals surface area (Å²) in [4.78, 5) is 32.4. The van der Waals surface area contributed by atoms with Crippen molar-refractivity contribution in [3.05, 3.63) is 99.0 Å². The lowest BCUT2D eigenvalue weighted by molar-refractivity contribution is -0.132. The lowest BCUT2D eigenvalue weighted by Crippen LogP contribution is -2.29. The van der Waals surface area contributed by atoms with E-state index in [9.17, 15) is 14.7 Å². The number of Topliss-reactive ketones (excluding diaryl/α,β-unsaturated/α-hetero) is 1. The molecule has 1 aromatic heterocycles. The Morgan fingerprint density at radius 2 is 1.76 bits per heavy atom. The molecule has 0 aliphatic carbocycles. The largest absolute Gasteiger partial charge is 0.507 e. The zero-order chi connectivity index (χ0) is 23.3. The summed E-state index contributed by atoms with van der Waals surface area (Å²) in [5.74, 6) is -1.81. The SMILES string of the molecule is Cc1ccc2nc(N3C(=O)C(=O)C(=C(O)c4ccccc4)C3c3ccc(Cl)c(Cl)c3)sc2c1. The number of amides is 1. The number of hydrogen-bond donors (Lipinski definition) is 1. The molecular formula is C25H16Cl2N2O3S. The molecule has 1 atom stereocenters. The lowest BCUT2D eigenvalue weighted by atomic mass is 9.95. The van der Waals surface area contributed by atoms with E-state index in [0.29, 0.717) is 21.3 Å². The Hall–Kier alpha value is -3.19. The van der Waals surface area contributed by atoms with Crippen LogP contribution in [-0.2, 0) is 9.59 Å². The first-order valence-electron chi connectivity index (χ1n) is 10.0. The van der Waals surface area contributed by atoms with Gasteiger partial charge in [-0.05, 0) is 42.3 Å². The van der Waals surface area contributed by atoms with Gasteiger partial charge in [0.25, 0.3) is 5.78 Å². The maximum Gasteiger partial charge on any atom is 0.301 e. The number of ketones is 1. The molecule has 5 rings (SSSR count). The van der Waals surface area contributed by atoms with E-state index in [2.05, 4.69) is 4.98 Å². The summed E-state index contributed by atoms with van der Waals surface area (Å²) in [6.45, 7) is 1.97. The van der Waals surface area contributed by atoms with Gasteiger partial charge in [-0.2, -0.15) is 0 Å². The molecule has 1 amide bonds. The number of halogens is 2. The fraction of sp³-hybridized carbons (Fsp3) is 0.0800. The summed E-state index contributed by atoms with van der Waals surface area (Å²) in [6.07, 6.45) is 0. The lowest BCUT2D eigenvalue weighted by Gasteiger charge is -2.23. The van der Waals surface area contributed by atoms with Crippen molar-refractivity contribution in [2.45, 2.75) is 13.0 Å². The zero-order valence-corrected chi connectivity index (χ0v) is 19.6. The predicted molar refractivity (Wildman–Crippen MR) is 132 cm³/mol. The van der Waals surface area contributed by atoms with Crippen molar-refractivity contribution in [3.8, 4) is 0 Å². The molecule has 164 valence electrons. The minimum atomic E-state index is -0.915. The Morgan fingerprint density at radius 1 is 1.00 bits per heavy atom. The topological polar surface area (TPSA) is 70.5 Å². The van der Waals surface area contributed by atoms with Gasteiger partial charge in [-0.25, -0.2) is 4.98 Å². The second-order valence-corrected chi connectivity index (χ2v) is 9.50. The van der Waals surface area contributed by atoms with E-state index >= 15 is 0 Å². The molecule has 33 heavy (non-hydrogen) atoms. The van der Waals surface area contributed by atoms with E-state index in [1.165, 1.54) is 16.2 Å². The number of aliphatic hydroxyl groups excluding tert-OH is 1. The highest BCUT2D eigenvalue weighted by Gasteiger charge is 2.48. The smallest absolute Gasteiger partial charge is 0.301 e. The summed E-state index contributed by atoms with van der Waals surface area (Å²) in [5.41, 5.74) is 2.72. The zero-order valence-electron chi connectivity index (χ0n) is 17.3. The van der Waals surface area contributed by atoms with E-state index in [-0.39, 0.29) is 16.4 Å². The Morgan fingerprint density at radius 3 is 2.48 bits per heavy atom. The minimum Gasteiger partial charge on any atom is -0.507 e. The average Bonchev–Trinajstić information content (AvgIpc) is 3.33. The third-order valence-corrected chi connectivity index (χ3v) is 7.25. The number of carbonyl (C=O) groups is 2. The first kappa shape index (κ1) is 21.6. The highest BCUT2D eigenvalue weighted by atomic mass is 35.5. The second kappa shape index (κ2) is 8.30. The van der Waals surface area contributed by atoms with Crippen molar-refractivity contribution >= 4 is 67.3 Å². The van der Waals surface area contributed by atoms with Crippen LogP contribution in [0.3, 0.4) is 0 Å². The van der Waals surface area contributed by atoms with Crippen LogP contribution in [0.25, 0.3) is 16.0 Å². The number of benzene rings is 3. The van der Waals surface area contributed by atoms with Gasteiger partial charge in [-0.3, -0.25) is 14.5 Å². The summed E-state index contributed by atoms with van der Waals surface area (Å²) >= 11 is 13.7. The van der Waals surface area contributed by atoms with E-state index in [4.69, 9.17) is 23.2 Å². The maximum absolute atomic E-state index is 13.3. The number of aryl methyl sites for hydroxylation is 1. The van der Waals surface area contributed by atoms with Crippen LogP contribution >= 0.6 is 34.5 Å². The number of hydrogen-bond acceptors (Lipinski definition) is 5. The summed E-state index contributed by atoms with van der Waals surface area (Å²) in [7, 11) is 0. The average molecular weight is 495 g/mol. The van der Waals surface area contributed by atoms with Crippen molar-refractivity contribution < 1.29 is 14.7 Å². The van der Waals surface area contributed by atoms with Crippen LogP contribution in [0.1, 0.15) is 22.7 Å². The predicted octanol–water partition coefficient (Wildman–Crippen LogP) is 6.54. The third-order valence-electron chi connectivity index (χ3n) is 5.49.